The number of rotatable bonds is 7. The summed E-state index contributed by atoms with van der Waals surface area (Å²) in [6.07, 6.45) is 8.80. The van der Waals surface area contributed by atoms with Crippen molar-refractivity contribution in [1.82, 2.24) is 25.3 Å². The molecule has 1 N–H and O–H groups in total. The van der Waals surface area contributed by atoms with Crippen molar-refractivity contribution in [3.8, 4) is 11.6 Å². The van der Waals surface area contributed by atoms with Crippen molar-refractivity contribution in [1.29, 1.82) is 0 Å². The van der Waals surface area contributed by atoms with Gasteiger partial charge in [0.25, 0.3) is 5.91 Å². The predicted octanol–water partition coefficient (Wildman–Crippen LogP) is 4.55. The second kappa shape index (κ2) is 8.78. The van der Waals surface area contributed by atoms with Crippen LogP contribution in [0.5, 0.6) is 5.88 Å². The normalized spacial score (nSPS) is 16.4. The van der Waals surface area contributed by atoms with Gasteiger partial charge in [-0.05, 0) is 68.4 Å². The Balaban J connectivity index is 1.26. The molecule has 3 aromatic rings. The zero-order valence-corrected chi connectivity index (χ0v) is 18.7. The Morgan fingerprint density at radius 2 is 1.87 bits per heavy atom. The molecule has 8 heteroatoms. The SMILES string of the molecule is O=C(NCc1ccc(OC2CCCC2)nc1)c1nnn(-c2ccc(Br)cc2)c1C1CC1. The van der Waals surface area contributed by atoms with Crippen LogP contribution in [-0.2, 0) is 6.54 Å². The number of carbonyl (C=O) groups is 1. The highest BCUT2D eigenvalue weighted by Crippen LogP contribution is 2.42. The largest absolute Gasteiger partial charge is 0.474 e. The van der Waals surface area contributed by atoms with E-state index in [9.17, 15) is 4.79 Å². The Kier molecular flexibility index (Phi) is 5.72. The van der Waals surface area contributed by atoms with Gasteiger partial charge in [-0.2, -0.15) is 0 Å². The summed E-state index contributed by atoms with van der Waals surface area (Å²) in [7, 11) is 0. The average molecular weight is 482 g/mol. The maximum absolute atomic E-state index is 12.9. The highest BCUT2D eigenvalue weighted by atomic mass is 79.9. The number of hydrogen-bond acceptors (Lipinski definition) is 5. The van der Waals surface area contributed by atoms with Gasteiger partial charge in [0.1, 0.15) is 6.10 Å². The fraction of sp³-hybridized carbons (Fsp3) is 0.391. The molecule has 0 bridgehead atoms. The molecule has 0 spiro atoms. The molecular weight excluding hydrogens is 458 g/mol. The van der Waals surface area contributed by atoms with Crippen LogP contribution in [0.3, 0.4) is 0 Å². The van der Waals surface area contributed by atoms with Gasteiger partial charge in [-0.3, -0.25) is 4.79 Å². The Labute approximate surface area is 189 Å². The second-order valence-corrected chi connectivity index (χ2v) is 9.11. The van der Waals surface area contributed by atoms with Crippen molar-refractivity contribution in [2.24, 2.45) is 0 Å². The lowest BCUT2D eigenvalue weighted by Crippen LogP contribution is -2.24. The number of aromatic nitrogens is 4. The lowest BCUT2D eigenvalue weighted by molar-refractivity contribution is 0.0944. The van der Waals surface area contributed by atoms with E-state index in [1.165, 1.54) is 12.8 Å². The van der Waals surface area contributed by atoms with Gasteiger partial charge >= 0.3 is 0 Å². The number of nitrogens with one attached hydrogen (secondary N) is 1. The quantitative estimate of drug-likeness (QED) is 0.534. The first-order valence-electron chi connectivity index (χ1n) is 10.8. The number of pyridine rings is 1. The van der Waals surface area contributed by atoms with Crippen LogP contribution in [0, 0.1) is 0 Å². The molecular formula is C23H24BrN5O2. The van der Waals surface area contributed by atoms with E-state index >= 15 is 0 Å². The molecule has 0 saturated heterocycles. The summed E-state index contributed by atoms with van der Waals surface area (Å²) < 4.78 is 8.69. The summed E-state index contributed by atoms with van der Waals surface area (Å²) in [5, 5.41) is 11.5. The lowest BCUT2D eigenvalue weighted by atomic mass is 10.2. The van der Waals surface area contributed by atoms with Gasteiger partial charge in [0.05, 0.1) is 11.4 Å². The van der Waals surface area contributed by atoms with E-state index in [2.05, 4.69) is 36.5 Å². The Bertz CT molecular complexity index is 1050. The van der Waals surface area contributed by atoms with Crippen molar-refractivity contribution in [2.45, 2.75) is 57.1 Å². The minimum atomic E-state index is -0.212. The molecule has 1 aromatic carbocycles. The van der Waals surface area contributed by atoms with Crippen LogP contribution in [0.2, 0.25) is 0 Å². The molecule has 160 valence electrons. The van der Waals surface area contributed by atoms with Gasteiger partial charge in [0, 0.05) is 29.2 Å². The van der Waals surface area contributed by atoms with Crippen LogP contribution in [0.1, 0.15) is 66.2 Å². The number of benzene rings is 1. The summed E-state index contributed by atoms with van der Waals surface area (Å²) in [5.41, 5.74) is 3.11. The molecule has 5 rings (SSSR count). The zero-order chi connectivity index (χ0) is 21.2. The van der Waals surface area contributed by atoms with E-state index < -0.39 is 0 Å². The third-order valence-corrected chi connectivity index (χ3v) is 6.32. The highest BCUT2D eigenvalue weighted by Gasteiger charge is 2.34. The number of carbonyl (C=O) groups excluding carboxylic acids is 1. The highest BCUT2D eigenvalue weighted by molar-refractivity contribution is 9.10. The Morgan fingerprint density at radius 3 is 2.55 bits per heavy atom. The monoisotopic (exact) mass is 481 g/mol. The van der Waals surface area contributed by atoms with Gasteiger partial charge in [0.2, 0.25) is 5.88 Å². The van der Waals surface area contributed by atoms with Gasteiger partial charge in [0.15, 0.2) is 5.69 Å². The number of nitrogens with zero attached hydrogens (tertiary/aromatic N) is 4. The first kappa shape index (κ1) is 20.2. The van der Waals surface area contributed by atoms with Crippen molar-refractivity contribution >= 4 is 21.8 Å². The molecule has 0 unspecified atom stereocenters. The third kappa shape index (κ3) is 4.63. The van der Waals surface area contributed by atoms with Gasteiger partial charge in [-0.1, -0.05) is 27.2 Å². The summed E-state index contributed by atoms with van der Waals surface area (Å²) in [5.74, 6) is 0.764. The molecule has 2 saturated carbocycles. The van der Waals surface area contributed by atoms with Crippen molar-refractivity contribution in [3.63, 3.8) is 0 Å². The number of hydrogen-bond donors (Lipinski definition) is 1. The van der Waals surface area contributed by atoms with Crippen LogP contribution in [-0.4, -0.2) is 32.0 Å². The fourth-order valence-corrected chi connectivity index (χ4v) is 4.24. The van der Waals surface area contributed by atoms with E-state index in [1.807, 2.05) is 36.4 Å². The molecule has 2 heterocycles. The van der Waals surface area contributed by atoms with Crippen LogP contribution in [0.25, 0.3) is 5.69 Å². The molecule has 0 atom stereocenters. The Hall–Kier alpha value is -2.74. The van der Waals surface area contributed by atoms with E-state index in [4.69, 9.17) is 4.74 Å². The van der Waals surface area contributed by atoms with Gasteiger partial charge in [-0.15, -0.1) is 5.10 Å². The summed E-state index contributed by atoms with van der Waals surface area (Å²) >= 11 is 3.45. The van der Waals surface area contributed by atoms with Crippen LogP contribution >= 0.6 is 15.9 Å². The summed E-state index contributed by atoms with van der Waals surface area (Å²) in [6.45, 7) is 0.380. The first-order chi connectivity index (χ1) is 15.2. The third-order valence-electron chi connectivity index (χ3n) is 5.80. The van der Waals surface area contributed by atoms with Crippen LogP contribution < -0.4 is 10.1 Å². The molecule has 31 heavy (non-hydrogen) atoms. The second-order valence-electron chi connectivity index (χ2n) is 8.20. The Morgan fingerprint density at radius 1 is 1.10 bits per heavy atom. The molecule has 2 aliphatic rings. The lowest BCUT2D eigenvalue weighted by Gasteiger charge is -2.12. The fourth-order valence-electron chi connectivity index (χ4n) is 3.98. The standard InChI is InChI=1S/C23H24BrN5O2/c24-17-8-10-18(11-9-17)29-22(16-6-7-16)21(27-28-29)23(30)26-14-15-5-12-20(25-13-15)31-19-3-1-2-4-19/h5,8-13,16,19H,1-4,6-7,14H2,(H,26,30). The zero-order valence-electron chi connectivity index (χ0n) is 17.1. The molecule has 0 radical (unpaired) electrons. The van der Waals surface area contributed by atoms with Gasteiger partial charge < -0.3 is 10.1 Å². The molecule has 2 fully saturated rings. The molecule has 1 amide bonds. The number of amides is 1. The van der Waals surface area contributed by atoms with Crippen molar-refractivity contribution < 1.29 is 9.53 Å². The minimum Gasteiger partial charge on any atom is -0.474 e. The van der Waals surface area contributed by atoms with E-state index in [0.29, 0.717) is 24.0 Å². The van der Waals surface area contributed by atoms with E-state index in [0.717, 1.165) is 47.1 Å². The molecule has 0 aliphatic heterocycles. The van der Waals surface area contributed by atoms with Crippen molar-refractivity contribution in [3.05, 3.63) is 64.0 Å². The molecule has 2 aliphatic carbocycles. The van der Waals surface area contributed by atoms with Crippen LogP contribution in [0.15, 0.2) is 47.1 Å². The van der Waals surface area contributed by atoms with E-state index in [1.54, 1.807) is 10.9 Å². The average Bonchev–Trinajstić information content (AvgIpc) is 3.31. The number of ether oxygens (including phenoxy) is 1. The maximum atomic E-state index is 12.9. The maximum Gasteiger partial charge on any atom is 0.274 e. The van der Waals surface area contributed by atoms with Crippen molar-refractivity contribution in [2.75, 3.05) is 0 Å². The van der Waals surface area contributed by atoms with E-state index in [-0.39, 0.29) is 12.0 Å². The smallest absolute Gasteiger partial charge is 0.274 e. The first-order valence-corrected chi connectivity index (χ1v) is 11.6. The summed E-state index contributed by atoms with van der Waals surface area (Å²) in [4.78, 5) is 17.3. The van der Waals surface area contributed by atoms with Gasteiger partial charge in [-0.25, -0.2) is 9.67 Å². The summed E-state index contributed by atoms with van der Waals surface area (Å²) in [6, 6.07) is 11.7. The molecule has 2 aromatic heterocycles. The topological polar surface area (TPSA) is 81.9 Å². The van der Waals surface area contributed by atoms with Crippen LogP contribution in [0.4, 0.5) is 0 Å². The predicted molar refractivity (Wildman–Crippen MR) is 119 cm³/mol. The molecule has 7 nitrogen and oxygen atoms in total. The minimum absolute atomic E-state index is 0.212. The number of halogens is 1.